The van der Waals surface area contributed by atoms with Crippen LogP contribution in [0, 0.1) is 5.82 Å². The van der Waals surface area contributed by atoms with Crippen LogP contribution in [-0.4, -0.2) is 79.4 Å². The lowest BCUT2D eigenvalue weighted by Gasteiger charge is -2.34. The Labute approximate surface area is 267 Å². The van der Waals surface area contributed by atoms with Gasteiger partial charge >= 0.3 is 10.2 Å². The first-order chi connectivity index (χ1) is 21.9. The van der Waals surface area contributed by atoms with Crippen LogP contribution in [0.5, 0.6) is 17.2 Å². The van der Waals surface area contributed by atoms with Gasteiger partial charge in [0.1, 0.15) is 29.5 Å². The van der Waals surface area contributed by atoms with E-state index in [0.29, 0.717) is 24.4 Å². The van der Waals surface area contributed by atoms with E-state index in [9.17, 15) is 22.4 Å². The molecule has 0 bridgehead atoms. The quantitative estimate of drug-likeness (QED) is 0.182. The Balaban J connectivity index is 1.53. The molecule has 1 saturated heterocycles. The molecule has 246 valence electrons. The number of nitrogens with two attached hydrogens (primary N) is 1. The summed E-state index contributed by atoms with van der Waals surface area (Å²) in [4.78, 5) is 29.5. The summed E-state index contributed by atoms with van der Waals surface area (Å²) in [6.45, 7) is 8.56. The number of amides is 2. The molecule has 2 aromatic carbocycles. The molecule has 0 radical (unpaired) electrons. The van der Waals surface area contributed by atoms with E-state index in [2.05, 4.69) is 11.3 Å². The highest BCUT2D eigenvalue weighted by atomic mass is 32.2. The predicted octanol–water partition coefficient (Wildman–Crippen LogP) is 2.90. The summed E-state index contributed by atoms with van der Waals surface area (Å²) >= 11 is 0. The number of halogens is 1. The van der Waals surface area contributed by atoms with Crippen LogP contribution in [0.4, 0.5) is 4.39 Å². The van der Waals surface area contributed by atoms with E-state index >= 15 is 0 Å². The summed E-state index contributed by atoms with van der Waals surface area (Å²) < 4.78 is 61.9. The zero-order chi connectivity index (χ0) is 33.3. The number of nitrogens with zero attached hydrogens (tertiary/aromatic N) is 4. The number of hydrazine groups is 1. The lowest BCUT2D eigenvalue weighted by Crippen LogP contribution is -2.42. The number of hydrogen-bond donors (Lipinski definition) is 2. The molecule has 15 heteroatoms. The van der Waals surface area contributed by atoms with Crippen molar-refractivity contribution >= 4 is 27.7 Å². The van der Waals surface area contributed by atoms with Crippen LogP contribution in [0.15, 0.2) is 49.0 Å². The second kappa shape index (κ2) is 13.0. The number of carbonyl (C=O) groups excluding carboxylic acids is 2. The first-order valence-corrected chi connectivity index (χ1v) is 16.0. The van der Waals surface area contributed by atoms with Gasteiger partial charge in [0, 0.05) is 43.9 Å². The zero-order valence-corrected chi connectivity index (χ0v) is 26.9. The third-order valence-electron chi connectivity index (χ3n) is 8.02. The maximum Gasteiger partial charge on any atom is 0.301 e. The maximum absolute atomic E-state index is 14.3. The summed E-state index contributed by atoms with van der Waals surface area (Å²) in [5, 5.41) is 0.886. The van der Waals surface area contributed by atoms with Gasteiger partial charge in [-0.25, -0.2) is 10.2 Å². The van der Waals surface area contributed by atoms with Crippen molar-refractivity contribution in [1.29, 1.82) is 0 Å². The van der Waals surface area contributed by atoms with Gasteiger partial charge in [-0.3, -0.25) is 18.9 Å². The van der Waals surface area contributed by atoms with Crippen molar-refractivity contribution in [3.05, 3.63) is 82.9 Å². The van der Waals surface area contributed by atoms with Crippen molar-refractivity contribution in [1.82, 2.24) is 23.5 Å². The third-order valence-corrected chi connectivity index (χ3v) is 9.58. The average Bonchev–Trinajstić information content (AvgIpc) is 3.59. The highest BCUT2D eigenvalue weighted by Crippen LogP contribution is 2.42. The van der Waals surface area contributed by atoms with E-state index in [-0.39, 0.29) is 72.3 Å². The summed E-state index contributed by atoms with van der Waals surface area (Å²) in [5.41, 5.74) is 1.27. The fourth-order valence-corrected chi connectivity index (χ4v) is 6.96. The minimum Gasteiger partial charge on any atom is -0.497 e. The molecule has 0 unspecified atom stereocenters. The van der Waals surface area contributed by atoms with Crippen LogP contribution in [0.25, 0.3) is 5.70 Å². The van der Waals surface area contributed by atoms with E-state index < -0.39 is 21.9 Å². The minimum atomic E-state index is -3.94. The van der Waals surface area contributed by atoms with Crippen molar-refractivity contribution in [2.45, 2.75) is 33.0 Å². The van der Waals surface area contributed by atoms with Crippen LogP contribution < -0.4 is 24.8 Å². The number of fused-ring (bicyclic) bond motifs is 1. The zero-order valence-electron chi connectivity index (χ0n) is 26.1. The largest absolute Gasteiger partial charge is 0.497 e. The molecule has 3 aromatic rings. The van der Waals surface area contributed by atoms with E-state index in [4.69, 9.17) is 20.1 Å². The van der Waals surface area contributed by atoms with Crippen LogP contribution >= 0.6 is 0 Å². The molecule has 0 saturated carbocycles. The second-order valence-corrected chi connectivity index (χ2v) is 12.6. The SMILES string of the molecule is C=C(c1c(C(=O)N(N)Cc2ccc(F)cc2OCc2ccc(OC)cc2)c(OC)c2n1[C@@H](C)CN(CC)C2=O)N1CCNS1(=O)=O. The van der Waals surface area contributed by atoms with Gasteiger partial charge in [0.2, 0.25) is 0 Å². The van der Waals surface area contributed by atoms with E-state index in [0.717, 1.165) is 14.9 Å². The van der Waals surface area contributed by atoms with Crippen molar-refractivity contribution < 1.29 is 36.6 Å². The standard InChI is InChI=1S/C31H37FN6O7S/c1-6-35-16-19(2)38-27(20(3)37-14-13-34-46(37,41)42)26(29(44-5)28(38)31(35)40)30(39)36(33)17-22-9-10-23(32)15-25(22)45-18-21-7-11-24(43-4)12-8-21/h7-12,15,19,34H,3,6,13-14,16-18,33H2,1-2,4-5H3/t19-/m0/s1. The maximum atomic E-state index is 14.3. The Hall–Kier alpha value is -4.60. The number of nitrogens with one attached hydrogen (secondary N) is 1. The van der Waals surface area contributed by atoms with Gasteiger partial charge < -0.3 is 23.7 Å². The highest BCUT2D eigenvalue weighted by molar-refractivity contribution is 7.87. The van der Waals surface area contributed by atoms with Crippen LogP contribution in [0.3, 0.4) is 0 Å². The minimum absolute atomic E-state index is 0.0128. The van der Waals surface area contributed by atoms with E-state index in [1.165, 1.54) is 25.3 Å². The summed E-state index contributed by atoms with van der Waals surface area (Å²) in [6.07, 6.45) is 0. The molecule has 1 atom stereocenters. The van der Waals surface area contributed by atoms with Gasteiger partial charge in [-0.15, -0.1) is 0 Å². The first kappa shape index (κ1) is 32.8. The molecule has 3 N–H and O–H groups in total. The lowest BCUT2D eigenvalue weighted by molar-refractivity contribution is 0.0681. The highest BCUT2D eigenvalue weighted by Gasteiger charge is 2.43. The molecule has 0 spiro atoms. The molecule has 1 aromatic heterocycles. The van der Waals surface area contributed by atoms with E-state index in [1.807, 2.05) is 26.0 Å². The number of methoxy groups -OCH3 is 2. The van der Waals surface area contributed by atoms with Crippen molar-refractivity contribution in [3.8, 4) is 17.2 Å². The van der Waals surface area contributed by atoms with Gasteiger partial charge in [0.05, 0.1) is 32.2 Å². The van der Waals surface area contributed by atoms with Gasteiger partial charge in [-0.1, -0.05) is 24.8 Å². The number of carbonyl (C=O) groups is 2. The van der Waals surface area contributed by atoms with Crippen LogP contribution in [0.2, 0.25) is 0 Å². The molecular weight excluding hydrogens is 619 g/mol. The van der Waals surface area contributed by atoms with Crippen molar-refractivity contribution in [2.75, 3.05) is 40.4 Å². The number of benzene rings is 2. The molecule has 2 aliphatic heterocycles. The third kappa shape index (κ3) is 6.00. The number of rotatable bonds is 11. The number of hydrogen-bond acceptors (Lipinski definition) is 8. The summed E-state index contributed by atoms with van der Waals surface area (Å²) in [5.74, 6) is 5.49. The molecular formula is C31H37FN6O7S. The normalized spacial score (nSPS) is 17.1. The predicted molar refractivity (Wildman–Crippen MR) is 168 cm³/mol. The summed E-state index contributed by atoms with van der Waals surface area (Å²) in [6, 6.07) is 10.7. The molecule has 13 nitrogen and oxygen atoms in total. The first-order valence-electron chi connectivity index (χ1n) is 14.6. The molecule has 2 amide bonds. The van der Waals surface area contributed by atoms with Crippen molar-refractivity contribution in [2.24, 2.45) is 5.84 Å². The van der Waals surface area contributed by atoms with Crippen molar-refractivity contribution in [3.63, 3.8) is 0 Å². The lowest BCUT2D eigenvalue weighted by atomic mass is 10.1. The molecule has 3 heterocycles. The van der Waals surface area contributed by atoms with Gasteiger partial charge in [-0.2, -0.15) is 13.1 Å². The molecule has 46 heavy (non-hydrogen) atoms. The van der Waals surface area contributed by atoms with E-state index in [1.54, 1.807) is 28.7 Å². The Morgan fingerprint density at radius 1 is 1.17 bits per heavy atom. The molecule has 5 rings (SSSR count). The fourth-order valence-electron chi connectivity index (χ4n) is 5.74. The molecule has 1 fully saturated rings. The fraction of sp³-hybridized carbons (Fsp3) is 0.355. The van der Waals surface area contributed by atoms with Crippen LogP contribution in [-0.2, 0) is 23.4 Å². The topological polar surface area (TPSA) is 149 Å². The van der Waals surface area contributed by atoms with Crippen LogP contribution in [0.1, 0.15) is 57.6 Å². The average molecular weight is 657 g/mol. The number of likely N-dealkylation sites (N-methyl/N-ethyl adjacent to an activating group) is 1. The Bertz CT molecular complexity index is 1780. The van der Waals surface area contributed by atoms with Gasteiger partial charge in [-0.05, 0) is 37.6 Å². The summed E-state index contributed by atoms with van der Waals surface area (Å²) in [7, 11) is -1.06. The Morgan fingerprint density at radius 2 is 1.89 bits per heavy atom. The smallest absolute Gasteiger partial charge is 0.301 e. The monoisotopic (exact) mass is 656 g/mol. The number of ether oxygens (including phenoxy) is 3. The van der Waals surface area contributed by atoms with Gasteiger partial charge in [0.25, 0.3) is 11.8 Å². The molecule has 0 aliphatic carbocycles. The Kier molecular flexibility index (Phi) is 9.28. The Morgan fingerprint density at radius 3 is 2.50 bits per heavy atom. The van der Waals surface area contributed by atoms with Gasteiger partial charge in [0.15, 0.2) is 11.4 Å². The molecule has 2 aliphatic rings. The second-order valence-electron chi connectivity index (χ2n) is 10.9. The number of aromatic nitrogens is 1.